The second-order valence-corrected chi connectivity index (χ2v) is 4.66. The number of hydrogen-bond donors (Lipinski definition) is 1. The Bertz CT molecular complexity index is 566. The molecule has 2 aromatic carbocycles. The molecular formula is C17H21ClFNO2. The smallest absolute Gasteiger partial charge is 0.129 e. The lowest BCUT2D eigenvalue weighted by Gasteiger charge is -2.12. The van der Waals surface area contributed by atoms with Crippen molar-refractivity contribution in [2.24, 2.45) is 0 Å². The molecule has 0 radical (unpaired) electrons. The molecule has 120 valence electrons. The van der Waals surface area contributed by atoms with E-state index in [0.717, 1.165) is 17.9 Å². The first-order chi connectivity index (χ1) is 10.3. The van der Waals surface area contributed by atoms with Gasteiger partial charge >= 0.3 is 0 Å². The van der Waals surface area contributed by atoms with Gasteiger partial charge in [0.25, 0.3) is 0 Å². The third-order valence-corrected chi connectivity index (χ3v) is 3.11. The van der Waals surface area contributed by atoms with Crippen LogP contribution in [0.2, 0.25) is 0 Å². The number of nitrogens with one attached hydrogen (secondary N) is 1. The highest BCUT2D eigenvalue weighted by atomic mass is 35.5. The van der Waals surface area contributed by atoms with Crippen molar-refractivity contribution in [2.75, 3.05) is 20.3 Å². The van der Waals surface area contributed by atoms with Gasteiger partial charge in [-0.3, -0.25) is 0 Å². The Balaban J connectivity index is 0.00000242. The van der Waals surface area contributed by atoms with E-state index in [9.17, 15) is 4.39 Å². The van der Waals surface area contributed by atoms with Crippen LogP contribution in [0.25, 0.3) is 0 Å². The van der Waals surface area contributed by atoms with Gasteiger partial charge in [0, 0.05) is 31.3 Å². The number of hydrogen-bond acceptors (Lipinski definition) is 3. The van der Waals surface area contributed by atoms with Crippen molar-refractivity contribution in [3.8, 4) is 5.75 Å². The molecule has 0 fully saturated rings. The van der Waals surface area contributed by atoms with E-state index < -0.39 is 0 Å². The average molecular weight is 326 g/mol. The highest BCUT2D eigenvalue weighted by Gasteiger charge is 2.05. The zero-order valence-electron chi connectivity index (χ0n) is 12.5. The van der Waals surface area contributed by atoms with Crippen molar-refractivity contribution in [1.82, 2.24) is 5.32 Å². The Morgan fingerprint density at radius 3 is 2.41 bits per heavy atom. The summed E-state index contributed by atoms with van der Waals surface area (Å²) >= 11 is 0. The molecule has 0 unspecified atom stereocenters. The van der Waals surface area contributed by atoms with Crippen molar-refractivity contribution < 1.29 is 13.9 Å². The largest absolute Gasteiger partial charge is 0.488 e. The molecule has 0 heterocycles. The lowest BCUT2D eigenvalue weighted by molar-refractivity contribution is 0.199. The average Bonchev–Trinajstić information content (AvgIpc) is 2.52. The van der Waals surface area contributed by atoms with Crippen LogP contribution in [-0.2, 0) is 17.9 Å². The molecule has 0 atom stereocenters. The molecule has 0 spiro atoms. The van der Waals surface area contributed by atoms with Crippen LogP contribution in [0.4, 0.5) is 4.39 Å². The molecular weight excluding hydrogens is 305 g/mol. The lowest BCUT2D eigenvalue weighted by atomic mass is 10.2. The summed E-state index contributed by atoms with van der Waals surface area (Å²) in [6, 6.07) is 14.4. The standard InChI is InChI=1S/C17H20FNO2.ClH/c1-20-11-10-19-12-14-6-3-5-9-17(14)21-13-15-7-2-4-8-16(15)18;/h2-9,19H,10-13H2,1H3;1H. The van der Waals surface area contributed by atoms with Crippen molar-refractivity contribution in [2.45, 2.75) is 13.2 Å². The number of ether oxygens (including phenoxy) is 2. The maximum Gasteiger partial charge on any atom is 0.129 e. The van der Waals surface area contributed by atoms with Crippen LogP contribution in [-0.4, -0.2) is 20.3 Å². The minimum absolute atomic E-state index is 0. The van der Waals surface area contributed by atoms with E-state index in [4.69, 9.17) is 9.47 Å². The summed E-state index contributed by atoms with van der Waals surface area (Å²) in [5.41, 5.74) is 1.60. The predicted octanol–water partition coefficient (Wildman–Crippen LogP) is 3.56. The summed E-state index contributed by atoms with van der Waals surface area (Å²) in [5.74, 6) is 0.527. The maximum atomic E-state index is 13.6. The number of methoxy groups -OCH3 is 1. The first-order valence-corrected chi connectivity index (χ1v) is 6.95. The molecule has 0 amide bonds. The fourth-order valence-corrected chi connectivity index (χ4v) is 1.96. The van der Waals surface area contributed by atoms with Crippen molar-refractivity contribution in [1.29, 1.82) is 0 Å². The van der Waals surface area contributed by atoms with E-state index in [1.54, 1.807) is 25.3 Å². The molecule has 3 nitrogen and oxygen atoms in total. The third-order valence-electron chi connectivity index (χ3n) is 3.11. The first-order valence-electron chi connectivity index (χ1n) is 6.95. The van der Waals surface area contributed by atoms with Gasteiger partial charge in [0.1, 0.15) is 18.2 Å². The predicted molar refractivity (Wildman–Crippen MR) is 88.0 cm³/mol. The third kappa shape index (κ3) is 5.64. The lowest BCUT2D eigenvalue weighted by Crippen LogP contribution is -2.19. The van der Waals surface area contributed by atoms with Gasteiger partial charge in [-0.05, 0) is 12.1 Å². The zero-order chi connectivity index (χ0) is 14.9. The van der Waals surface area contributed by atoms with Gasteiger partial charge in [-0.1, -0.05) is 36.4 Å². The maximum absolute atomic E-state index is 13.6. The summed E-state index contributed by atoms with van der Waals surface area (Å²) in [6.45, 7) is 2.36. The molecule has 2 aromatic rings. The highest BCUT2D eigenvalue weighted by molar-refractivity contribution is 5.85. The monoisotopic (exact) mass is 325 g/mol. The normalized spacial score (nSPS) is 10.1. The van der Waals surface area contributed by atoms with Crippen molar-refractivity contribution >= 4 is 12.4 Å². The fourth-order valence-electron chi connectivity index (χ4n) is 1.96. The first kappa shape index (κ1) is 18.4. The van der Waals surface area contributed by atoms with Crippen LogP contribution >= 0.6 is 12.4 Å². The molecule has 0 saturated heterocycles. The second kappa shape index (κ2) is 10.2. The van der Waals surface area contributed by atoms with Gasteiger partial charge in [-0.2, -0.15) is 0 Å². The Morgan fingerprint density at radius 1 is 1.00 bits per heavy atom. The van der Waals surface area contributed by atoms with E-state index in [1.807, 2.05) is 24.3 Å². The minimum Gasteiger partial charge on any atom is -0.488 e. The molecule has 5 heteroatoms. The van der Waals surface area contributed by atoms with Crippen molar-refractivity contribution in [3.05, 3.63) is 65.5 Å². The quantitative estimate of drug-likeness (QED) is 0.753. The molecule has 0 aliphatic carbocycles. The molecule has 0 bridgehead atoms. The van der Waals surface area contributed by atoms with Crippen LogP contribution in [0.15, 0.2) is 48.5 Å². The van der Waals surface area contributed by atoms with Gasteiger partial charge in [-0.15, -0.1) is 12.4 Å². The van der Waals surface area contributed by atoms with Gasteiger partial charge < -0.3 is 14.8 Å². The molecule has 22 heavy (non-hydrogen) atoms. The number of para-hydroxylation sites is 1. The van der Waals surface area contributed by atoms with Crippen LogP contribution in [0, 0.1) is 5.82 Å². The van der Waals surface area contributed by atoms with Gasteiger partial charge in [0.05, 0.1) is 6.61 Å². The SMILES string of the molecule is COCCNCc1ccccc1OCc1ccccc1F.Cl. The summed E-state index contributed by atoms with van der Waals surface area (Å²) < 4.78 is 24.3. The van der Waals surface area contributed by atoms with E-state index in [0.29, 0.717) is 18.7 Å². The van der Waals surface area contributed by atoms with E-state index in [1.165, 1.54) is 6.07 Å². The molecule has 2 rings (SSSR count). The summed E-state index contributed by atoms with van der Waals surface area (Å²) in [7, 11) is 1.67. The minimum atomic E-state index is -0.242. The second-order valence-electron chi connectivity index (χ2n) is 4.66. The van der Waals surface area contributed by atoms with E-state index >= 15 is 0 Å². The van der Waals surface area contributed by atoms with Crippen LogP contribution < -0.4 is 10.1 Å². The van der Waals surface area contributed by atoms with Crippen LogP contribution in [0.1, 0.15) is 11.1 Å². The Morgan fingerprint density at radius 2 is 1.68 bits per heavy atom. The van der Waals surface area contributed by atoms with E-state index in [2.05, 4.69) is 5.32 Å². The number of halogens is 2. The van der Waals surface area contributed by atoms with Gasteiger partial charge in [-0.25, -0.2) is 4.39 Å². The zero-order valence-corrected chi connectivity index (χ0v) is 13.4. The Labute approximate surface area is 136 Å². The van der Waals surface area contributed by atoms with Gasteiger partial charge in [0.15, 0.2) is 0 Å². The van der Waals surface area contributed by atoms with Gasteiger partial charge in [0.2, 0.25) is 0 Å². The Kier molecular flexibility index (Phi) is 8.51. The number of benzene rings is 2. The summed E-state index contributed by atoms with van der Waals surface area (Å²) in [5, 5.41) is 3.27. The van der Waals surface area contributed by atoms with Crippen molar-refractivity contribution in [3.63, 3.8) is 0 Å². The topological polar surface area (TPSA) is 30.5 Å². The van der Waals surface area contributed by atoms with Crippen LogP contribution in [0.5, 0.6) is 5.75 Å². The molecule has 0 aliphatic rings. The summed E-state index contributed by atoms with van der Waals surface area (Å²) in [4.78, 5) is 0. The fraction of sp³-hybridized carbons (Fsp3) is 0.294. The molecule has 0 aromatic heterocycles. The molecule has 0 aliphatic heterocycles. The highest BCUT2D eigenvalue weighted by Crippen LogP contribution is 2.19. The van der Waals surface area contributed by atoms with E-state index in [-0.39, 0.29) is 24.8 Å². The Hall–Kier alpha value is -1.62. The number of rotatable bonds is 8. The summed E-state index contributed by atoms with van der Waals surface area (Å²) in [6.07, 6.45) is 0. The molecule has 0 saturated carbocycles. The molecule has 1 N–H and O–H groups in total. The van der Waals surface area contributed by atoms with Crippen LogP contribution in [0.3, 0.4) is 0 Å².